The van der Waals surface area contributed by atoms with Crippen LogP contribution >= 0.6 is 0 Å². The fraction of sp³-hybridized carbons (Fsp3) is 0.152. The van der Waals surface area contributed by atoms with Crippen LogP contribution in [0.4, 0.5) is 0 Å². The molecule has 0 amide bonds. The molecular formula is C33H22O5. The molecule has 5 heteroatoms. The molecule has 0 saturated carbocycles. The van der Waals surface area contributed by atoms with Crippen LogP contribution in [0.2, 0.25) is 0 Å². The van der Waals surface area contributed by atoms with Crippen LogP contribution in [-0.4, -0.2) is 28.7 Å². The molecule has 1 saturated heterocycles. The third-order valence-corrected chi connectivity index (χ3v) is 8.32. The van der Waals surface area contributed by atoms with Gasteiger partial charge in [0, 0.05) is 22.3 Å². The summed E-state index contributed by atoms with van der Waals surface area (Å²) in [5.41, 5.74) is -0.859. The van der Waals surface area contributed by atoms with E-state index in [9.17, 15) is 19.2 Å². The quantitative estimate of drug-likeness (QED) is 0.330. The minimum Gasteiger partial charge on any atom is -0.348 e. The normalized spacial score (nSPS) is 22.3. The minimum atomic E-state index is -2.06. The third kappa shape index (κ3) is 2.59. The van der Waals surface area contributed by atoms with E-state index in [1.165, 1.54) is 0 Å². The highest BCUT2D eigenvalue weighted by Gasteiger charge is 2.79. The Morgan fingerprint density at radius 2 is 1.03 bits per heavy atom. The number of carbonyl (C=O) groups excluding carboxylic acids is 4. The average Bonchev–Trinajstić information content (AvgIpc) is 3.48. The summed E-state index contributed by atoms with van der Waals surface area (Å²) in [4.78, 5) is 57.8. The first-order chi connectivity index (χ1) is 18.4. The van der Waals surface area contributed by atoms with E-state index in [4.69, 9.17) is 4.74 Å². The summed E-state index contributed by atoms with van der Waals surface area (Å²) in [6.07, 6.45) is -1.15. The molecule has 7 rings (SSSR count). The van der Waals surface area contributed by atoms with Crippen molar-refractivity contribution in [1.29, 1.82) is 0 Å². The molecule has 2 atom stereocenters. The second-order valence-corrected chi connectivity index (χ2v) is 10.3. The van der Waals surface area contributed by atoms with Gasteiger partial charge in [0.15, 0.2) is 11.6 Å². The zero-order valence-electron chi connectivity index (χ0n) is 20.5. The van der Waals surface area contributed by atoms with E-state index >= 15 is 0 Å². The number of ether oxygens (including phenoxy) is 1. The summed E-state index contributed by atoms with van der Waals surface area (Å²) in [6, 6.07) is 29.6. The molecule has 5 nitrogen and oxygen atoms in total. The Labute approximate surface area is 219 Å². The van der Waals surface area contributed by atoms with Gasteiger partial charge in [-0.05, 0) is 18.1 Å². The number of ketones is 4. The summed E-state index contributed by atoms with van der Waals surface area (Å²) in [7, 11) is 0. The third-order valence-electron chi connectivity index (χ3n) is 8.32. The van der Waals surface area contributed by atoms with Gasteiger partial charge < -0.3 is 4.74 Å². The smallest absolute Gasteiger partial charge is 0.204 e. The van der Waals surface area contributed by atoms with Gasteiger partial charge in [-0.15, -0.1) is 0 Å². The van der Waals surface area contributed by atoms with Crippen molar-refractivity contribution in [3.05, 3.63) is 142 Å². The number of aryl methyl sites for hydroxylation is 1. The topological polar surface area (TPSA) is 77.5 Å². The second-order valence-electron chi connectivity index (χ2n) is 10.3. The van der Waals surface area contributed by atoms with Crippen molar-refractivity contribution in [3.63, 3.8) is 0 Å². The van der Waals surface area contributed by atoms with Crippen LogP contribution in [0.3, 0.4) is 0 Å². The molecule has 38 heavy (non-hydrogen) atoms. The molecule has 0 N–H and O–H groups in total. The Kier molecular flexibility index (Phi) is 4.64. The Balaban J connectivity index is 1.60. The Bertz CT molecular complexity index is 1630. The van der Waals surface area contributed by atoms with Gasteiger partial charge in [0.2, 0.25) is 17.2 Å². The van der Waals surface area contributed by atoms with Crippen LogP contribution < -0.4 is 0 Å². The van der Waals surface area contributed by atoms with Crippen LogP contribution in [-0.2, 0) is 4.74 Å². The van der Waals surface area contributed by atoms with Gasteiger partial charge in [-0.25, -0.2) is 0 Å². The Morgan fingerprint density at radius 3 is 1.55 bits per heavy atom. The molecular weight excluding hydrogens is 476 g/mol. The molecule has 1 fully saturated rings. The molecule has 0 radical (unpaired) electrons. The van der Waals surface area contributed by atoms with Gasteiger partial charge in [0.25, 0.3) is 0 Å². The maximum absolute atomic E-state index is 14.6. The lowest BCUT2D eigenvalue weighted by atomic mass is 9.59. The summed E-state index contributed by atoms with van der Waals surface area (Å²) in [5.74, 6) is -3.04. The minimum absolute atomic E-state index is 0.245. The predicted molar refractivity (Wildman–Crippen MR) is 140 cm³/mol. The average molecular weight is 499 g/mol. The van der Waals surface area contributed by atoms with Crippen molar-refractivity contribution in [2.45, 2.75) is 24.5 Å². The van der Waals surface area contributed by atoms with Gasteiger partial charge in [0.1, 0.15) is 11.5 Å². The zero-order valence-corrected chi connectivity index (χ0v) is 20.5. The lowest BCUT2D eigenvalue weighted by Crippen LogP contribution is -2.51. The van der Waals surface area contributed by atoms with Crippen molar-refractivity contribution in [2.24, 2.45) is 5.41 Å². The van der Waals surface area contributed by atoms with Crippen molar-refractivity contribution < 1.29 is 23.9 Å². The molecule has 184 valence electrons. The first-order valence-electron chi connectivity index (χ1n) is 12.6. The van der Waals surface area contributed by atoms with E-state index in [0.29, 0.717) is 11.1 Å². The van der Waals surface area contributed by atoms with Crippen LogP contribution in [0.1, 0.15) is 70.1 Å². The monoisotopic (exact) mass is 498 g/mol. The van der Waals surface area contributed by atoms with Crippen LogP contribution in [0.15, 0.2) is 103 Å². The lowest BCUT2D eigenvalue weighted by molar-refractivity contribution is -0.0210. The molecule has 2 spiro atoms. The fourth-order valence-corrected chi connectivity index (χ4v) is 6.80. The highest BCUT2D eigenvalue weighted by atomic mass is 16.5. The van der Waals surface area contributed by atoms with Gasteiger partial charge in [-0.3, -0.25) is 19.2 Å². The Morgan fingerprint density at radius 1 is 0.553 bits per heavy atom. The van der Waals surface area contributed by atoms with E-state index < -0.39 is 46.2 Å². The van der Waals surface area contributed by atoms with E-state index in [1.807, 2.05) is 31.2 Å². The highest BCUT2D eigenvalue weighted by Crippen LogP contribution is 2.67. The first kappa shape index (κ1) is 22.7. The molecule has 1 heterocycles. The van der Waals surface area contributed by atoms with Gasteiger partial charge in [-0.2, -0.15) is 0 Å². The number of fused-ring (bicyclic) bond motifs is 2. The van der Waals surface area contributed by atoms with Crippen LogP contribution in [0, 0.1) is 12.3 Å². The maximum Gasteiger partial charge on any atom is 0.204 e. The van der Waals surface area contributed by atoms with Crippen LogP contribution in [0.5, 0.6) is 0 Å². The molecule has 0 aromatic heterocycles. The van der Waals surface area contributed by atoms with Crippen molar-refractivity contribution in [1.82, 2.24) is 0 Å². The maximum atomic E-state index is 14.6. The van der Waals surface area contributed by atoms with Crippen molar-refractivity contribution in [3.8, 4) is 0 Å². The largest absolute Gasteiger partial charge is 0.348 e. The molecule has 2 aliphatic carbocycles. The molecule has 4 aromatic carbocycles. The fourth-order valence-electron chi connectivity index (χ4n) is 6.80. The van der Waals surface area contributed by atoms with Crippen molar-refractivity contribution in [2.75, 3.05) is 0 Å². The summed E-state index contributed by atoms with van der Waals surface area (Å²) < 4.78 is 6.68. The standard InChI is InChI=1S/C33H22O5/c1-19-10-9-13-21(18-19)26-32(27(34)22-14-5-6-15-23(22)28(32)35)31(20-11-3-2-4-12-20)38-33(26)29(36)24-16-7-8-17-25(24)30(33)37/h2-18,26,31H,1H3/t26-,31+/m0/s1. The first-order valence-corrected chi connectivity index (χ1v) is 12.6. The molecule has 4 aromatic rings. The summed E-state index contributed by atoms with van der Waals surface area (Å²) >= 11 is 0. The number of hydrogen-bond donors (Lipinski definition) is 0. The molecule has 1 aliphatic heterocycles. The number of Topliss-reactive ketones (excluding diaryl/α,β-unsaturated/α-hetero) is 4. The number of rotatable bonds is 2. The van der Waals surface area contributed by atoms with Crippen molar-refractivity contribution >= 4 is 23.1 Å². The van der Waals surface area contributed by atoms with Gasteiger partial charge in [0.05, 0.1) is 5.92 Å². The highest BCUT2D eigenvalue weighted by molar-refractivity contribution is 6.37. The molecule has 0 bridgehead atoms. The molecule has 3 aliphatic rings. The van der Waals surface area contributed by atoms with E-state index in [-0.39, 0.29) is 22.3 Å². The second kappa shape index (κ2) is 7.76. The molecule has 0 unspecified atom stereocenters. The number of carbonyl (C=O) groups is 4. The predicted octanol–water partition coefficient (Wildman–Crippen LogP) is 5.73. The zero-order chi connectivity index (χ0) is 26.2. The van der Waals surface area contributed by atoms with Gasteiger partial charge >= 0.3 is 0 Å². The summed E-state index contributed by atoms with van der Waals surface area (Å²) in [6.45, 7) is 1.90. The van der Waals surface area contributed by atoms with E-state index in [0.717, 1.165) is 5.56 Å². The Hall–Kier alpha value is -4.48. The van der Waals surface area contributed by atoms with Gasteiger partial charge in [-0.1, -0.05) is 109 Å². The van der Waals surface area contributed by atoms with E-state index in [1.54, 1.807) is 78.9 Å². The van der Waals surface area contributed by atoms with Crippen LogP contribution in [0.25, 0.3) is 0 Å². The SMILES string of the molecule is Cc1cccc([C@@H]2C3(O[C@H](c4ccccc4)C24C(=O)c2ccccc2C4=O)C(=O)c2ccccc2C3=O)c1. The lowest BCUT2D eigenvalue weighted by Gasteiger charge is -2.34. The summed E-state index contributed by atoms with van der Waals surface area (Å²) in [5, 5.41) is 0. The van der Waals surface area contributed by atoms with E-state index in [2.05, 4.69) is 0 Å². The number of benzene rings is 4. The number of hydrogen-bond acceptors (Lipinski definition) is 5.